The maximum absolute atomic E-state index is 12.2. The van der Waals surface area contributed by atoms with Gasteiger partial charge in [0.2, 0.25) is 0 Å². The first kappa shape index (κ1) is 28.6. The van der Waals surface area contributed by atoms with Gasteiger partial charge in [-0.1, -0.05) is 13.8 Å². The van der Waals surface area contributed by atoms with E-state index >= 15 is 0 Å². The molecule has 0 spiro atoms. The van der Waals surface area contributed by atoms with Gasteiger partial charge in [-0.2, -0.15) is 23.5 Å². The number of carbonyl (C=O) groups is 2. The van der Waals surface area contributed by atoms with Crippen LogP contribution in [0.5, 0.6) is 0 Å². The quantitative estimate of drug-likeness (QED) is 0.248. The fraction of sp³-hybridized carbons (Fsp3) is 0.905. The predicted octanol–water partition coefficient (Wildman–Crippen LogP) is 2.05. The summed E-state index contributed by atoms with van der Waals surface area (Å²) in [6, 6.07) is 0. The van der Waals surface area contributed by atoms with E-state index in [1.54, 1.807) is 0 Å². The van der Waals surface area contributed by atoms with Gasteiger partial charge < -0.3 is 19.6 Å². The third-order valence-electron chi connectivity index (χ3n) is 4.50. The minimum atomic E-state index is 0.126. The first-order valence-corrected chi connectivity index (χ1v) is 13.3. The van der Waals surface area contributed by atoms with Crippen LogP contribution in [0.1, 0.15) is 33.1 Å². The molecule has 8 heteroatoms. The summed E-state index contributed by atoms with van der Waals surface area (Å²) < 4.78 is 1.35. The average molecular weight is 451 g/mol. The van der Waals surface area contributed by atoms with Crippen molar-refractivity contribution in [3.05, 3.63) is 0 Å². The number of quaternary nitrogens is 2. The monoisotopic (exact) mass is 450 g/mol. The Hall–Kier alpha value is -0.440. The highest BCUT2D eigenvalue weighted by atomic mass is 32.2. The summed E-state index contributed by atoms with van der Waals surface area (Å²) in [5.74, 6) is 4.53. The molecule has 0 aromatic heterocycles. The van der Waals surface area contributed by atoms with Crippen LogP contribution in [-0.4, -0.2) is 111 Å². The second kappa shape index (κ2) is 16.3. The van der Waals surface area contributed by atoms with E-state index in [1.165, 1.54) is 12.8 Å². The molecule has 0 fully saturated rings. The van der Waals surface area contributed by atoms with E-state index in [0.29, 0.717) is 22.1 Å². The number of thioether (sulfide) groups is 2. The molecule has 6 nitrogen and oxygen atoms in total. The van der Waals surface area contributed by atoms with Crippen LogP contribution in [0.25, 0.3) is 0 Å². The lowest BCUT2D eigenvalue weighted by molar-refractivity contribution is -0.901. The molecule has 0 aromatic rings. The van der Waals surface area contributed by atoms with Crippen molar-refractivity contribution >= 4 is 35.3 Å². The topological polar surface area (TPSA) is 58.2 Å². The third-order valence-corrected chi connectivity index (χ3v) is 6.88. The smallest absolute Gasteiger partial charge is 0.275 e. The summed E-state index contributed by atoms with van der Waals surface area (Å²) >= 11 is 3.77. The molecule has 0 atom stereocenters. The number of rotatable bonds is 18. The summed E-state index contributed by atoms with van der Waals surface area (Å²) in [7, 11) is 8.41. The Morgan fingerprint density at radius 1 is 0.690 bits per heavy atom. The largest absolute Gasteiger partial charge is 0.350 e. The molecule has 2 N–H and O–H groups in total. The Labute approximate surface area is 188 Å². The van der Waals surface area contributed by atoms with Crippen molar-refractivity contribution in [2.45, 2.75) is 33.1 Å². The van der Waals surface area contributed by atoms with Gasteiger partial charge in [-0.15, -0.1) is 0 Å². The van der Waals surface area contributed by atoms with Gasteiger partial charge in [0.25, 0.3) is 11.8 Å². The van der Waals surface area contributed by atoms with Gasteiger partial charge >= 0.3 is 0 Å². The van der Waals surface area contributed by atoms with Crippen LogP contribution >= 0.6 is 23.5 Å². The average Bonchev–Trinajstić information content (AvgIpc) is 2.60. The molecule has 2 amide bonds. The Bertz CT molecular complexity index is 420. The highest BCUT2D eigenvalue weighted by Crippen LogP contribution is 2.05. The zero-order chi connectivity index (χ0) is 22.2. The van der Waals surface area contributed by atoms with Gasteiger partial charge in [0.1, 0.15) is 0 Å². The molecule has 0 unspecified atom stereocenters. The molecule has 0 aliphatic heterocycles. The standard InChI is InChI=1S/C21H44N4O2S2/c1-7-14-28-16-10-22-20(26)18-24(3,4)12-9-13-25(5,6)19-21(27)23-11-17-29-15-8-2/h7-19H2,1-6H3/p+2. The van der Waals surface area contributed by atoms with E-state index in [4.69, 9.17) is 0 Å². The number of likely N-dealkylation sites (N-methyl/N-ethyl adjacent to an activating group) is 2. The van der Waals surface area contributed by atoms with Gasteiger partial charge in [-0.3, -0.25) is 9.59 Å². The summed E-state index contributed by atoms with van der Waals surface area (Å²) in [4.78, 5) is 24.3. The maximum Gasteiger partial charge on any atom is 0.275 e. The SMILES string of the molecule is CCCSCCNC(=O)C[N+](C)(C)CCC[N+](C)(C)CC(=O)NCCSCCC. The van der Waals surface area contributed by atoms with Crippen LogP contribution in [0.2, 0.25) is 0 Å². The van der Waals surface area contributed by atoms with Crippen molar-refractivity contribution in [3.8, 4) is 0 Å². The lowest BCUT2D eigenvalue weighted by Crippen LogP contribution is -2.51. The number of amides is 2. The zero-order valence-corrected chi connectivity index (χ0v) is 21.4. The van der Waals surface area contributed by atoms with E-state index in [2.05, 4.69) is 52.7 Å². The van der Waals surface area contributed by atoms with Crippen molar-refractivity contribution in [2.75, 3.05) is 90.5 Å². The molecule has 0 heterocycles. The number of hydrogen-bond donors (Lipinski definition) is 2. The van der Waals surface area contributed by atoms with Crippen molar-refractivity contribution in [2.24, 2.45) is 0 Å². The predicted molar refractivity (Wildman–Crippen MR) is 130 cm³/mol. The van der Waals surface area contributed by atoms with Crippen molar-refractivity contribution in [3.63, 3.8) is 0 Å². The fourth-order valence-electron chi connectivity index (χ4n) is 2.99. The molecule has 0 rings (SSSR count). The minimum absolute atomic E-state index is 0.126. The summed E-state index contributed by atoms with van der Waals surface area (Å²) in [6.45, 7) is 8.70. The van der Waals surface area contributed by atoms with E-state index in [9.17, 15) is 9.59 Å². The maximum atomic E-state index is 12.2. The highest BCUT2D eigenvalue weighted by molar-refractivity contribution is 7.99. The fourth-order valence-corrected chi connectivity index (χ4v) is 4.47. The number of hydrogen-bond acceptors (Lipinski definition) is 4. The second-order valence-electron chi connectivity index (χ2n) is 8.91. The van der Waals surface area contributed by atoms with E-state index < -0.39 is 0 Å². The highest BCUT2D eigenvalue weighted by Gasteiger charge is 2.24. The van der Waals surface area contributed by atoms with Crippen LogP contribution < -0.4 is 10.6 Å². The van der Waals surface area contributed by atoms with Crippen molar-refractivity contribution in [1.29, 1.82) is 0 Å². The summed E-state index contributed by atoms with van der Waals surface area (Å²) in [5, 5.41) is 6.06. The Kier molecular flexibility index (Phi) is 16.0. The Morgan fingerprint density at radius 3 is 1.41 bits per heavy atom. The van der Waals surface area contributed by atoms with E-state index in [-0.39, 0.29) is 11.8 Å². The molecule has 0 aliphatic rings. The molecule has 0 bridgehead atoms. The van der Waals surface area contributed by atoms with Gasteiger partial charge in [-0.25, -0.2) is 0 Å². The van der Waals surface area contributed by atoms with Gasteiger partial charge in [0.15, 0.2) is 13.1 Å². The summed E-state index contributed by atoms with van der Waals surface area (Å²) in [5.41, 5.74) is 0. The first-order valence-electron chi connectivity index (χ1n) is 10.9. The molecular weight excluding hydrogens is 404 g/mol. The third kappa shape index (κ3) is 18.1. The van der Waals surface area contributed by atoms with Crippen LogP contribution in [-0.2, 0) is 9.59 Å². The van der Waals surface area contributed by atoms with Crippen LogP contribution in [0.15, 0.2) is 0 Å². The van der Waals surface area contributed by atoms with Crippen LogP contribution in [0, 0.1) is 0 Å². The lowest BCUT2D eigenvalue weighted by atomic mass is 10.3. The molecular formula is C21H46N4O2S2+2. The Balaban J connectivity index is 4.03. The van der Waals surface area contributed by atoms with Gasteiger partial charge in [-0.05, 0) is 24.3 Å². The first-order chi connectivity index (χ1) is 13.6. The molecule has 29 heavy (non-hydrogen) atoms. The number of nitrogens with one attached hydrogen (secondary N) is 2. The second-order valence-corrected chi connectivity index (χ2v) is 11.4. The van der Waals surface area contributed by atoms with Crippen LogP contribution in [0.3, 0.4) is 0 Å². The molecule has 0 aliphatic carbocycles. The van der Waals surface area contributed by atoms with Gasteiger partial charge in [0.05, 0.1) is 41.3 Å². The molecule has 0 saturated heterocycles. The molecule has 0 aromatic carbocycles. The minimum Gasteiger partial charge on any atom is -0.350 e. The molecule has 172 valence electrons. The van der Waals surface area contributed by atoms with Gasteiger partial charge in [0, 0.05) is 31.0 Å². The van der Waals surface area contributed by atoms with Crippen molar-refractivity contribution in [1.82, 2.24) is 10.6 Å². The number of carbonyl (C=O) groups excluding carboxylic acids is 2. The summed E-state index contributed by atoms with van der Waals surface area (Å²) in [6.07, 6.45) is 3.34. The van der Waals surface area contributed by atoms with Crippen LogP contribution in [0.4, 0.5) is 0 Å². The molecule has 0 radical (unpaired) electrons. The number of nitrogens with zero attached hydrogens (tertiary/aromatic N) is 2. The zero-order valence-electron chi connectivity index (χ0n) is 19.7. The normalized spacial score (nSPS) is 12.1. The van der Waals surface area contributed by atoms with Crippen molar-refractivity contribution < 1.29 is 18.6 Å². The van der Waals surface area contributed by atoms with E-state index in [0.717, 1.165) is 55.6 Å². The van der Waals surface area contributed by atoms with E-state index in [1.807, 2.05) is 23.5 Å². The lowest BCUT2D eigenvalue weighted by Gasteiger charge is -2.32. The molecule has 0 saturated carbocycles. The Morgan fingerprint density at radius 2 is 1.07 bits per heavy atom.